The van der Waals surface area contributed by atoms with Crippen molar-refractivity contribution in [2.45, 2.75) is 48.8 Å². The van der Waals surface area contributed by atoms with Gasteiger partial charge in [-0.25, -0.2) is 18.4 Å². The summed E-state index contributed by atoms with van der Waals surface area (Å²) in [5.74, 6) is 0.584. The number of sulfonamides is 1. The first kappa shape index (κ1) is 21.2. The maximum Gasteiger partial charge on any atom is 0.244 e. The standard InChI is InChI=1S/C18H24N4O3S3/c1-3-22(14(2)23)18-20-15(13-27-18)12-26-17-8-7-16(11-19-17)28(24,25)21-9-5-4-6-10-21/h7-8,11,13H,3-6,9-10,12H2,1-2H3. The Hall–Kier alpha value is -1.49. The molecule has 1 fully saturated rings. The maximum absolute atomic E-state index is 12.7. The summed E-state index contributed by atoms with van der Waals surface area (Å²) in [4.78, 5) is 22.3. The fraction of sp³-hybridized carbons (Fsp3) is 0.500. The zero-order valence-corrected chi connectivity index (χ0v) is 18.4. The highest BCUT2D eigenvalue weighted by Gasteiger charge is 2.26. The topological polar surface area (TPSA) is 83.5 Å². The van der Waals surface area contributed by atoms with Crippen LogP contribution >= 0.6 is 23.1 Å². The van der Waals surface area contributed by atoms with Gasteiger partial charge in [0.05, 0.1) is 10.7 Å². The van der Waals surface area contributed by atoms with Crippen LogP contribution in [0.15, 0.2) is 33.6 Å². The fourth-order valence-electron chi connectivity index (χ4n) is 2.99. The summed E-state index contributed by atoms with van der Waals surface area (Å²) in [7, 11) is -3.45. The van der Waals surface area contributed by atoms with Gasteiger partial charge in [-0.3, -0.25) is 9.69 Å². The lowest BCUT2D eigenvalue weighted by atomic mass is 10.2. The number of aromatic nitrogens is 2. The summed E-state index contributed by atoms with van der Waals surface area (Å²) < 4.78 is 26.9. The summed E-state index contributed by atoms with van der Waals surface area (Å²) in [5, 5.41) is 3.37. The molecule has 28 heavy (non-hydrogen) atoms. The Morgan fingerprint density at radius 1 is 1.29 bits per heavy atom. The summed E-state index contributed by atoms with van der Waals surface area (Å²) in [6, 6.07) is 3.36. The number of rotatable bonds is 7. The predicted octanol–water partition coefficient (Wildman–Crippen LogP) is 3.38. The summed E-state index contributed by atoms with van der Waals surface area (Å²) in [6.07, 6.45) is 4.35. The zero-order chi connectivity index (χ0) is 20.1. The van der Waals surface area contributed by atoms with E-state index >= 15 is 0 Å². The van der Waals surface area contributed by atoms with E-state index in [0.29, 0.717) is 30.5 Å². The molecule has 0 radical (unpaired) electrons. The number of nitrogens with zero attached hydrogens (tertiary/aromatic N) is 4. The summed E-state index contributed by atoms with van der Waals surface area (Å²) in [6.45, 7) is 5.20. The van der Waals surface area contributed by atoms with Crippen LogP contribution < -0.4 is 4.90 Å². The van der Waals surface area contributed by atoms with Crippen molar-refractivity contribution in [3.05, 3.63) is 29.4 Å². The molecule has 0 aromatic carbocycles. The highest BCUT2D eigenvalue weighted by molar-refractivity contribution is 7.98. The normalized spacial score (nSPS) is 15.5. The highest BCUT2D eigenvalue weighted by Crippen LogP contribution is 2.27. The Balaban J connectivity index is 1.62. The van der Waals surface area contributed by atoms with E-state index in [4.69, 9.17) is 0 Å². The van der Waals surface area contributed by atoms with Crippen molar-refractivity contribution in [3.63, 3.8) is 0 Å². The van der Waals surface area contributed by atoms with Crippen molar-refractivity contribution in [2.24, 2.45) is 0 Å². The quantitative estimate of drug-likeness (QED) is 0.614. The van der Waals surface area contributed by atoms with Gasteiger partial charge < -0.3 is 0 Å². The predicted molar refractivity (Wildman–Crippen MR) is 112 cm³/mol. The largest absolute Gasteiger partial charge is 0.289 e. The molecular formula is C18H24N4O3S3. The molecule has 2 aromatic rings. The molecule has 7 nitrogen and oxygen atoms in total. The average Bonchev–Trinajstić information content (AvgIpc) is 3.16. The number of carbonyl (C=O) groups is 1. The van der Waals surface area contributed by atoms with Crippen LogP contribution in [0, 0.1) is 0 Å². The van der Waals surface area contributed by atoms with Crippen LogP contribution in [0.25, 0.3) is 0 Å². The molecule has 1 saturated heterocycles. The van der Waals surface area contributed by atoms with Crippen molar-refractivity contribution < 1.29 is 13.2 Å². The number of piperidine rings is 1. The van der Waals surface area contributed by atoms with E-state index in [0.717, 1.165) is 30.0 Å². The molecule has 0 N–H and O–H groups in total. The second kappa shape index (κ2) is 9.34. The summed E-state index contributed by atoms with van der Waals surface area (Å²) in [5.41, 5.74) is 0.872. The van der Waals surface area contributed by atoms with Gasteiger partial charge >= 0.3 is 0 Å². The lowest BCUT2D eigenvalue weighted by Crippen LogP contribution is -2.35. The first-order valence-corrected chi connectivity index (χ1v) is 12.5. The van der Waals surface area contributed by atoms with E-state index in [1.54, 1.807) is 21.3 Å². The number of pyridine rings is 1. The monoisotopic (exact) mass is 440 g/mol. The number of anilines is 1. The van der Waals surface area contributed by atoms with E-state index in [1.807, 2.05) is 12.3 Å². The third-order valence-corrected chi connectivity index (χ3v) is 8.27. The van der Waals surface area contributed by atoms with Crippen molar-refractivity contribution in [1.82, 2.24) is 14.3 Å². The molecule has 0 spiro atoms. The number of carbonyl (C=O) groups excluding carboxylic acids is 1. The lowest BCUT2D eigenvalue weighted by Gasteiger charge is -2.25. The van der Waals surface area contributed by atoms with E-state index in [1.165, 1.54) is 36.2 Å². The second-order valence-corrected chi connectivity index (χ2v) is 10.2. The molecule has 0 unspecified atom stereocenters. The third kappa shape index (κ3) is 4.91. The van der Waals surface area contributed by atoms with Crippen LogP contribution in [0.1, 0.15) is 38.8 Å². The number of amides is 1. The van der Waals surface area contributed by atoms with Gasteiger partial charge in [0.1, 0.15) is 4.90 Å². The van der Waals surface area contributed by atoms with Crippen LogP contribution in [0.2, 0.25) is 0 Å². The number of hydrogen-bond acceptors (Lipinski definition) is 7. The summed E-state index contributed by atoms with van der Waals surface area (Å²) >= 11 is 2.93. The molecule has 3 rings (SSSR count). The molecule has 0 bridgehead atoms. The van der Waals surface area contributed by atoms with Crippen LogP contribution in [-0.2, 0) is 20.6 Å². The molecule has 3 heterocycles. The molecule has 10 heteroatoms. The van der Waals surface area contributed by atoms with Gasteiger partial charge in [-0.2, -0.15) is 4.31 Å². The minimum Gasteiger partial charge on any atom is -0.289 e. The van der Waals surface area contributed by atoms with Gasteiger partial charge in [0.2, 0.25) is 15.9 Å². The first-order chi connectivity index (χ1) is 13.4. The van der Waals surface area contributed by atoms with Gasteiger partial charge in [0, 0.05) is 43.9 Å². The Morgan fingerprint density at radius 2 is 2.04 bits per heavy atom. The van der Waals surface area contributed by atoms with E-state index < -0.39 is 10.0 Å². The molecular weight excluding hydrogens is 416 g/mol. The van der Waals surface area contributed by atoms with Gasteiger partial charge in [-0.1, -0.05) is 6.42 Å². The third-order valence-electron chi connectivity index (χ3n) is 4.50. The molecule has 1 aliphatic heterocycles. The molecule has 0 atom stereocenters. The minimum absolute atomic E-state index is 0.0248. The number of thioether (sulfide) groups is 1. The average molecular weight is 441 g/mol. The first-order valence-electron chi connectivity index (χ1n) is 9.23. The highest BCUT2D eigenvalue weighted by atomic mass is 32.2. The maximum atomic E-state index is 12.7. The Bertz CT molecular complexity index is 906. The SMILES string of the molecule is CCN(C(C)=O)c1nc(CSc2ccc(S(=O)(=O)N3CCCCC3)cn2)cs1. The Labute approximate surface area is 174 Å². The van der Waals surface area contributed by atoms with Gasteiger partial charge in [-0.05, 0) is 31.9 Å². The molecule has 0 saturated carbocycles. The Morgan fingerprint density at radius 3 is 2.64 bits per heavy atom. The van der Waals surface area contributed by atoms with Crippen LogP contribution in [0.5, 0.6) is 0 Å². The van der Waals surface area contributed by atoms with Crippen molar-refractivity contribution in [1.29, 1.82) is 0 Å². The lowest BCUT2D eigenvalue weighted by molar-refractivity contribution is -0.116. The molecule has 1 amide bonds. The smallest absolute Gasteiger partial charge is 0.244 e. The van der Waals surface area contributed by atoms with Crippen LogP contribution in [0.3, 0.4) is 0 Å². The minimum atomic E-state index is -3.45. The molecule has 2 aromatic heterocycles. The molecule has 0 aliphatic carbocycles. The van der Waals surface area contributed by atoms with Gasteiger partial charge in [-0.15, -0.1) is 23.1 Å². The van der Waals surface area contributed by atoms with Gasteiger partial charge in [0.25, 0.3) is 0 Å². The number of hydrogen-bond donors (Lipinski definition) is 0. The fourth-order valence-corrected chi connectivity index (χ4v) is 6.22. The van der Waals surface area contributed by atoms with Crippen LogP contribution in [0.4, 0.5) is 5.13 Å². The van der Waals surface area contributed by atoms with Crippen molar-refractivity contribution >= 4 is 44.2 Å². The number of thiazole rings is 1. The van der Waals surface area contributed by atoms with Crippen molar-refractivity contribution in [2.75, 3.05) is 24.5 Å². The molecule has 152 valence electrons. The second-order valence-electron chi connectivity index (χ2n) is 6.47. The van der Waals surface area contributed by atoms with E-state index in [9.17, 15) is 13.2 Å². The Kier molecular flexibility index (Phi) is 7.08. The van der Waals surface area contributed by atoms with Crippen molar-refractivity contribution in [3.8, 4) is 0 Å². The molecule has 1 aliphatic rings. The van der Waals surface area contributed by atoms with Gasteiger partial charge in [0.15, 0.2) is 5.13 Å². The van der Waals surface area contributed by atoms with Crippen LogP contribution in [-0.4, -0.2) is 48.2 Å². The van der Waals surface area contributed by atoms with E-state index in [2.05, 4.69) is 9.97 Å². The zero-order valence-electron chi connectivity index (χ0n) is 16.0. The van der Waals surface area contributed by atoms with E-state index in [-0.39, 0.29) is 10.8 Å².